The molecule has 0 amide bonds. The molecule has 1 saturated heterocycles. The number of aliphatic hydroxyl groups is 1. The Morgan fingerprint density at radius 1 is 1.16 bits per heavy atom. The topological polar surface area (TPSA) is 50.7 Å². The third-order valence-electron chi connectivity index (χ3n) is 5.58. The SMILES string of the molecule is COCCCC[C@@](O)(c1cccc(F)c1-c1cccc(C(F)(F)F)c1)[C@H]1CNCCO1. The molecule has 2 N–H and O–H groups in total. The molecule has 31 heavy (non-hydrogen) atoms. The minimum atomic E-state index is -4.56. The third-order valence-corrected chi connectivity index (χ3v) is 5.58. The molecular weight excluding hydrogens is 414 g/mol. The van der Waals surface area contributed by atoms with Gasteiger partial charge >= 0.3 is 6.18 Å². The van der Waals surface area contributed by atoms with Crippen molar-refractivity contribution in [3.8, 4) is 11.1 Å². The van der Waals surface area contributed by atoms with E-state index >= 15 is 4.39 Å². The molecule has 8 heteroatoms. The van der Waals surface area contributed by atoms with Crippen molar-refractivity contribution in [1.29, 1.82) is 0 Å². The summed E-state index contributed by atoms with van der Waals surface area (Å²) in [6, 6.07) is 8.71. The van der Waals surface area contributed by atoms with E-state index in [9.17, 15) is 18.3 Å². The van der Waals surface area contributed by atoms with Crippen LogP contribution < -0.4 is 5.32 Å². The van der Waals surface area contributed by atoms with Gasteiger partial charge in [-0.05, 0) is 48.6 Å². The zero-order chi connectivity index (χ0) is 22.5. The van der Waals surface area contributed by atoms with E-state index in [0.29, 0.717) is 39.1 Å². The van der Waals surface area contributed by atoms with Crippen molar-refractivity contribution in [3.63, 3.8) is 0 Å². The molecule has 3 rings (SSSR count). The number of methoxy groups -OCH3 is 1. The number of benzene rings is 2. The molecule has 2 aromatic rings. The summed E-state index contributed by atoms with van der Waals surface area (Å²) in [5.74, 6) is -0.698. The predicted molar refractivity (Wildman–Crippen MR) is 109 cm³/mol. The number of alkyl halides is 3. The van der Waals surface area contributed by atoms with E-state index in [2.05, 4.69) is 5.32 Å². The van der Waals surface area contributed by atoms with E-state index in [1.165, 1.54) is 24.3 Å². The van der Waals surface area contributed by atoms with E-state index in [-0.39, 0.29) is 23.1 Å². The molecular formula is C23H27F4NO3. The quantitative estimate of drug-likeness (QED) is 0.468. The average molecular weight is 441 g/mol. The lowest BCUT2D eigenvalue weighted by Gasteiger charge is -2.40. The lowest BCUT2D eigenvalue weighted by molar-refractivity contribution is -0.137. The molecule has 2 aromatic carbocycles. The summed E-state index contributed by atoms with van der Waals surface area (Å²) >= 11 is 0. The van der Waals surface area contributed by atoms with Gasteiger partial charge in [-0.25, -0.2) is 4.39 Å². The summed E-state index contributed by atoms with van der Waals surface area (Å²) in [5, 5.41) is 15.0. The molecule has 0 aliphatic carbocycles. The van der Waals surface area contributed by atoms with Gasteiger partial charge in [-0.15, -0.1) is 0 Å². The summed E-state index contributed by atoms with van der Waals surface area (Å²) in [5.41, 5.74) is -2.23. The van der Waals surface area contributed by atoms with E-state index in [4.69, 9.17) is 9.47 Å². The Morgan fingerprint density at radius 3 is 2.61 bits per heavy atom. The Morgan fingerprint density at radius 2 is 1.94 bits per heavy atom. The van der Waals surface area contributed by atoms with Crippen LogP contribution in [0.1, 0.15) is 30.4 Å². The highest BCUT2D eigenvalue weighted by Crippen LogP contribution is 2.41. The summed E-state index contributed by atoms with van der Waals surface area (Å²) < 4.78 is 65.7. The molecule has 2 atom stereocenters. The average Bonchev–Trinajstić information content (AvgIpc) is 2.76. The Labute approximate surface area is 179 Å². The fraction of sp³-hybridized carbons (Fsp3) is 0.478. The number of hydrogen-bond donors (Lipinski definition) is 2. The summed E-state index contributed by atoms with van der Waals surface area (Å²) in [4.78, 5) is 0. The van der Waals surface area contributed by atoms with Crippen molar-refractivity contribution >= 4 is 0 Å². The van der Waals surface area contributed by atoms with Crippen LogP contribution in [-0.4, -0.2) is 44.6 Å². The first-order chi connectivity index (χ1) is 14.8. The smallest absolute Gasteiger partial charge is 0.385 e. The largest absolute Gasteiger partial charge is 0.416 e. The van der Waals surface area contributed by atoms with Crippen LogP contribution in [0.25, 0.3) is 11.1 Å². The lowest BCUT2D eigenvalue weighted by atomic mass is 9.79. The highest BCUT2D eigenvalue weighted by atomic mass is 19.4. The molecule has 0 spiro atoms. The van der Waals surface area contributed by atoms with E-state index < -0.39 is 29.3 Å². The van der Waals surface area contributed by atoms with Crippen molar-refractivity contribution < 1.29 is 32.1 Å². The maximum atomic E-state index is 15.0. The number of hydrogen-bond acceptors (Lipinski definition) is 4. The van der Waals surface area contributed by atoms with Crippen LogP contribution in [0, 0.1) is 5.82 Å². The molecule has 170 valence electrons. The van der Waals surface area contributed by atoms with Crippen molar-refractivity contribution in [2.24, 2.45) is 0 Å². The number of unbranched alkanes of at least 4 members (excludes halogenated alkanes) is 1. The lowest BCUT2D eigenvalue weighted by Crippen LogP contribution is -2.51. The molecule has 0 saturated carbocycles. The fourth-order valence-electron chi connectivity index (χ4n) is 4.01. The van der Waals surface area contributed by atoms with Gasteiger partial charge in [0.1, 0.15) is 17.5 Å². The van der Waals surface area contributed by atoms with Gasteiger partial charge in [0, 0.05) is 32.4 Å². The van der Waals surface area contributed by atoms with E-state index in [1.807, 2.05) is 0 Å². The van der Waals surface area contributed by atoms with Crippen LogP contribution >= 0.6 is 0 Å². The first kappa shape index (κ1) is 23.7. The van der Waals surface area contributed by atoms with Crippen molar-refractivity contribution in [3.05, 3.63) is 59.4 Å². The van der Waals surface area contributed by atoms with Crippen molar-refractivity contribution in [2.45, 2.75) is 37.1 Å². The van der Waals surface area contributed by atoms with Crippen LogP contribution in [0.15, 0.2) is 42.5 Å². The summed E-state index contributed by atoms with van der Waals surface area (Å²) in [6.45, 7) is 1.85. The molecule has 0 radical (unpaired) electrons. The second kappa shape index (κ2) is 10.1. The number of halogens is 4. The second-order valence-electron chi connectivity index (χ2n) is 7.68. The summed E-state index contributed by atoms with van der Waals surface area (Å²) in [6.07, 6.45) is -3.74. The maximum Gasteiger partial charge on any atom is 0.416 e. The molecule has 1 aliphatic rings. The van der Waals surface area contributed by atoms with Gasteiger partial charge in [-0.2, -0.15) is 13.2 Å². The normalized spacial score (nSPS) is 19.2. The highest BCUT2D eigenvalue weighted by molar-refractivity contribution is 5.70. The van der Waals surface area contributed by atoms with Crippen molar-refractivity contribution in [2.75, 3.05) is 33.4 Å². The van der Waals surface area contributed by atoms with Crippen LogP contribution in [0.3, 0.4) is 0 Å². The molecule has 1 aliphatic heterocycles. The fourth-order valence-corrected chi connectivity index (χ4v) is 4.01. The third kappa shape index (κ3) is 5.44. The minimum absolute atomic E-state index is 0.0444. The van der Waals surface area contributed by atoms with Crippen LogP contribution in [0.4, 0.5) is 17.6 Å². The molecule has 0 aromatic heterocycles. The zero-order valence-corrected chi connectivity index (χ0v) is 17.3. The predicted octanol–water partition coefficient (Wildman–Crippen LogP) is 4.50. The number of morpholine rings is 1. The van der Waals surface area contributed by atoms with Crippen LogP contribution in [0.5, 0.6) is 0 Å². The van der Waals surface area contributed by atoms with Gasteiger partial charge < -0.3 is 19.9 Å². The second-order valence-corrected chi connectivity index (χ2v) is 7.68. The van der Waals surface area contributed by atoms with Gasteiger partial charge in [0.15, 0.2) is 0 Å². The Balaban J connectivity index is 2.09. The molecule has 1 heterocycles. The monoisotopic (exact) mass is 441 g/mol. The number of nitrogens with one attached hydrogen (secondary N) is 1. The summed E-state index contributed by atoms with van der Waals surface area (Å²) in [7, 11) is 1.58. The zero-order valence-electron chi connectivity index (χ0n) is 17.3. The maximum absolute atomic E-state index is 15.0. The Bertz CT molecular complexity index is 868. The number of rotatable bonds is 8. The standard InChI is InChI=1S/C23H27F4NO3/c1-30-12-3-2-10-22(29,20-15-28-11-13-31-20)18-8-5-9-19(24)21(18)16-6-4-7-17(14-16)23(25,26)27/h4-9,14,20,28-29H,2-3,10-13,15H2,1H3/t20-,22-/m1/s1. The van der Waals surface area contributed by atoms with Crippen molar-refractivity contribution in [1.82, 2.24) is 5.32 Å². The Kier molecular flexibility index (Phi) is 7.69. The van der Waals surface area contributed by atoms with E-state index in [0.717, 1.165) is 12.1 Å². The molecule has 0 unspecified atom stereocenters. The van der Waals surface area contributed by atoms with Gasteiger partial charge in [0.05, 0.1) is 12.2 Å². The van der Waals surface area contributed by atoms with Gasteiger partial charge in [0.2, 0.25) is 0 Å². The first-order valence-corrected chi connectivity index (χ1v) is 10.3. The highest BCUT2D eigenvalue weighted by Gasteiger charge is 2.42. The number of ether oxygens (including phenoxy) is 2. The molecule has 1 fully saturated rings. The minimum Gasteiger partial charge on any atom is -0.385 e. The Hall–Kier alpha value is -2.00. The molecule has 0 bridgehead atoms. The van der Waals surface area contributed by atoms with Crippen LogP contribution in [-0.2, 0) is 21.3 Å². The van der Waals surface area contributed by atoms with Gasteiger partial charge in [-0.3, -0.25) is 0 Å². The molecule has 4 nitrogen and oxygen atoms in total. The van der Waals surface area contributed by atoms with E-state index in [1.54, 1.807) is 13.2 Å². The van der Waals surface area contributed by atoms with Crippen LogP contribution in [0.2, 0.25) is 0 Å². The van der Waals surface area contributed by atoms with Gasteiger partial charge in [0.25, 0.3) is 0 Å². The van der Waals surface area contributed by atoms with Gasteiger partial charge in [-0.1, -0.05) is 24.3 Å². The first-order valence-electron chi connectivity index (χ1n) is 10.3.